The highest BCUT2D eigenvalue weighted by atomic mass is 35.5. The number of carbonyl (C=O) groups excluding carboxylic acids is 2. The normalized spacial score (nSPS) is 12.3. The molecule has 30 heavy (non-hydrogen) atoms. The molecular formula is C18H20ClN3O6S2. The minimum Gasteiger partial charge on any atom is -0.480 e. The first-order chi connectivity index (χ1) is 13.9. The number of anilines is 1. The third-order valence-corrected chi connectivity index (χ3v) is 6.67. The number of aryl methyl sites for hydroxylation is 1. The number of nitrogens with zero attached hydrogens (tertiary/aromatic N) is 1. The summed E-state index contributed by atoms with van der Waals surface area (Å²) in [5.74, 6) is -2.19. The van der Waals surface area contributed by atoms with Crippen molar-refractivity contribution in [3.8, 4) is 10.4 Å². The van der Waals surface area contributed by atoms with Gasteiger partial charge in [-0.05, 0) is 31.0 Å². The average Bonchev–Trinajstić information content (AvgIpc) is 2.97. The van der Waals surface area contributed by atoms with E-state index in [1.165, 1.54) is 19.1 Å². The molecule has 0 unspecified atom stereocenters. The fourth-order valence-corrected chi connectivity index (χ4v) is 4.89. The summed E-state index contributed by atoms with van der Waals surface area (Å²) >= 11 is 7.13. The van der Waals surface area contributed by atoms with E-state index in [2.05, 4.69) is 15.6 Å². The molecule has 0 fully saturated rings. The molecule has 0 saturated heterocycles. The van der Waals surface area contributed by atoms with Gasteiger partial charge in [-0.1, -0.05) is 29.0 Å². The van der Waals surface area contributed by atoms with Crippen LogP contribution in [0.3, 0.4) is 0 Å². The van der Waals surface area contributed by atoms with Crippen molar-refractivity contribution in [3.05, 3.63) is 28.9 Å². The second-order valence-electron chi connectivity index (χ2n) is 6.53. The van der Waals surface area contributed by atoms with Crippen molar-refractivity contribution in [3.63, 3.8) is 0 Å². The van der Waals surface area contributed by atoms with E-state index < -0.39 is 33.7 Å². The summed E-state index contributed by atoms with van der Waals surface area (Å²) < 4.78 is 23.8. The predicted octanol–water partition coefficient (Wildman–Crippen LogP) is 2.48. The van der Waals surface area contributed by atoms with E-state index >= 15 is 0 Å². The highest BCUT2D eigenvalue weighted by Crippen LogP contribution is 2.35. The van der Waals surface area contributed by atoms with Gasteiger partial charge < -0.3 is 15.7 Å². The molecule has 1 heterocycles. The molecule has 0 aliphatic carbocycles. The zero-order valence-electron chi connectivity index (χ0n) is 16.4. The van der Waals surface area contributed by atoms with E-state index in [0.717, 1.165) is 17.6 Å². The van der Waals surface area contributed by atoms with Crippen LogP contribution in [0.1, 0.15) is 25.5 Å². The smallest absolute Gasteiger partial charge is 0.326 e. The third-order valence-electron chi connectivity index (χ3n) is 3.97. The number of amides is 2. The number of thiazole rings is 1. The molecule has 1 atom stereocenters. The highest BCUT2D eigenvalue weighted by Gasteiger charge is 2.21. The lowest BCUT2D eigenvalue weighted by Gasteiger charge is -2.12. The Kier molecular flexibility index (Phi) is 7.56. The monoisotopic (exact) mass is 473 g/mol. The largest absolute Gasteiger partial charge is 0.480 e. The molecule has 0 bridgehead atoms. The molecular weight excluding hydrogens is 454 g/mol. The Hall–Kier alpha value is -2.50. The molecule has 1 aromatic carbocycles. The van der Waals surface area contributed by atoms with E-state index in [-0.39, 0.29) is 27.9 Å². The van der Waals surface area contributed by atoms with Crippen molar-refractivity contribution in [1.82, 2.24) is 10.3 Å². The first kappa shape index (κ1) is 23.8. The van der Waals surface area contributed by atoms with Crippen LogP contribution in [-0.4, -0.2) is 48.6 Å². The zero-order chi connectivity index (χ0) is 22.6. The molecule has 2 aromatic rings. The number of benzene rings is 1. The van der Waals surface area contributed by atoms with Crippen LogP contribution in [0.5, 0.6) is 0 Å². The van der Waals surface area contributed by atoms with Crippen LogP contribution in [-0.2, 0) is 24.2 Å². The number of carboxylic acid groups (broad SMARTS) is 1. The first-order valence-corrected chi connectivity index (χ1v) is 11.7. The van der Waals surface area contributed by atoms with E-state index in [9.17, 15) is 22.8 Å². The van der Waals surface area contributed by atoms with Gasteiger partial charge in [-0.2, -0.15) is 0 Å². The van der Waals surface area contributed by atoms with Gasteiger partial charge in [0.05, 0.1) is 20.5 Å². The molecule has 0 spiro atoms. The van der Waals surface area contributed by atoms with Gasteiger partial charge in [0.25, 0.3) is 0 Å². The molecule has 0 radical (unpaired) electrons. The van der Waals surface area contributed by atoms with Crippen molar-refractivity contribution in [1.29, 1.82) is 0 Å². The molecule has 0 aliphatic heterocycles. The van der Waals surface area contributed by atoms with Crippen LogP contribution in [0, 0.1) is 6.92 Å². The maximum atomic E-state index is 12.2. The van der Waals surface area contributed by atoms with E-state index in [0.29, 0.717) is 16.1 Å². The Morgan fingerprint density at radius 3 is 2.53 bits per heavy atom. The SMILES string of the molecule is CC(=O)N[C@H](CCC(=O)Nc1nc(C)c(-c2ccc(Cl)c(S(C)(=O)=O)c2)s1)C(=O)O. The van der Waals surface area contributed by atoms with Gasteiger partial charge in [0.1, 0.15) is 6.04 Å². The lowest BCUT2D eigenvalue weighted by molar-refractivity contribution is -0.141. The van der Waals surface area contributed by atoms with Gasteiger partial charge in [0, 0.05) is 19.6 Å². The Bertz CT molecular complexity index is 1100. The van der Waals surface area contributed by atoms with Gasteiger partial charge in [-0.25, -0.2) is 18.2 Å². The Morgan fingerprint density at radius 1 is 1.30 bits per heavy atom. The van der Waals surface area contributed by atoms with Gasteiger partial charge in [-0.3, -0.25) is 9.59 Å². The number of hydrogen-bond donors (Lipinski definition) is 3. The van der Waals surface area contributed by atoms with Crippen LogP contribution >= 0.6 is 22.9 Å². The van der Waals surface area contributed by atoms with Crippen molar-refractivity contribution >= 4 is 55.7 Å². The molecule has 162 valence electrons. The number of hydrogen-bond acceptors (Lipinski definition) is 7. The number of sulfone groups is 1. The van der Waals surface area contributed by atoms with Crippen molar-refractivity contribution in [2.75, 3.05) is 11.6 Å². The minimum atomic E-state index is -3.52. The number of carbonyl (C=O) groups is 3. The second-order valence-corrected chi connectivity index (χ2v) is 9.92. The fraction of sp³-hybridized carbons (Fsp3) is 0.333. The van der Waals surface area contributed by atoms with E-state index in [4.69, 9.17) is 16.7 Å². The molecule has 2 rings (SSSR count). The second kappa shape index (κ2) is 9.54. The molecule has 3 N–H and O–H groups in total. The summed E-state index contributed by atoms with van der Waals surface area (Å²) in [6.45, 7) is 2.91. The minimum absolute atomic E-state index is 0.00210. The Morgan fingerprint density at radius 2 is 1.97 bits per heavy atom. The topological polar surface area (TPSA) is 143 Å². The Labute approximate surface area is 182 Å². The average molecular weight is 474 g/mol. The third kappa shape index (κ3) is 6.25. The highest BCUT2D eigenvalue weighted by molar-refractivity contribution is 7.90. The maximum Gasteiger partial charge on any atom is 0.326 e. The van der Waals surface area contributed by atoms with Crippen molar-refractivity contribution in [2.45, 2.75) is 37.6 Å². The quantitative estimate of drug-likeness (QED) is 0.534. The lowest BCUT2D eigenvalue weighted by Crippen LogP contribution is -2.40. The molecule has 2 amide bonds. The number of aliphatic carboxylic acids is 1. The molecule has 0 saturated carbocycles. The van der Waals surface area contributed by atoms with Crippen molar-refractivity contribution in [2.24, 2.45) is 0 Å². The van der Waals surface area contributed by atoms with Crippen LogP contribution in [0.15, 0.2) is 23.1 Å². The summed E-state index contributed by atoms with van der Waals surface area (Å²) in [5, 5.41) is 14.3. The number of carboxylic acids is 1. The van der Waals surface area contributed by atoms with Crippen LogP contribution in [0.2, 0.25) is 5.02 Å². The summed E-state index contributed by atoms with van der Waals surface area (Å²) in [6.07, 6.45) is 0.853. The fourth-order valence-electron chi connectivity index (χ4n) is 2.61. The van der Waals surface area contributed by atoms with Gasteiger partial charge >= 0.3 is 5.97 Å². The predicted molar refractivity (Wildman–Crippen MR) is 114 cm³/mol. The van der Waals surface area contributed by atoms with Crippen LogP contribution in [0.4, 0.5) is 5.13 Å². The van der Waals surface area contributed by atoms with E-state index in [1.54, 1.807) is 13.0 Å². The first-order valence-electron chi connectivity index (χ1n) is 8.65. The Balaban J connectivity index is 2.14. The molecule has 1 aromatic heterocycles. The maximum absolute atomic E-state index is 12.2. The van der Waals surface area contributed by atoms with Crippen molar-refractivity contribution < 1.29 is 27.9 Å². The van der Waals surface area contributed by atoms with E-state index in [1.807, 2.05) is 0 Å². The van der Waals surface area contributed by atoms with Crippen LogP contribution < -0.4 is 10.6 Å². The van der Waals surface area contributed by atoms with Gasteiger partial charge in [0.15, 0.2) is 15.0 Å². The summed E-state index contributed by atoms with van der Waals surface area (Å²) in [7, 11) is -3.52. The zero-order valence-corrected chi connectivity index (χ0v) is 18.7. The molecule has 9 nitrogen and oxygen atoms in total. The standard InChI is InChI=1S/C18H20ClN3O6S2/c1-9-16(11-4-5-12(19)14(8-11)30(3,27)28)29-18(20-9)22-15(24)7-6-13(17(25)26)21-10(2)23/h4-5,8,13H,6-7H2,1-3H3,(H,21,23)(H,25,26)(H,20,22,24)/t13-/m1/s1. The van der Waals surface area contributed by atoms with Crippen LogP contribution in [0.25, 0.3) is 10.4 Å². The molecule has 12 heteroatoms. The molecule has 0 aliphatic rings. The van der Waals surface area contributed by atoms with Gasteiger partial charge in [0.2, 0.25) is 11.8 Å². The van der Waals surface area contributed by atoms with Gasteiger partial charge in [-0.15, -0.1) is 0 Å². The number of rotatable bonds is 8. The number of halogens is 1. The summed E-state index contributed by atoms with van der Waals surface area (Å²) in [6, 6.07) is 3.44. The number of nitrogens with one attached hydrogen (secondary N) is 2. The number of aromatic nitrogens is 1. The lowest BCUT2D eigenvalue weighted by atomic mass is 10.1. The summed E-state index contributed by atoms with van der Waals surface area (Å²) in [5.41, 5.74) is 1.17. The summed E-state index contributed by atoms with van der Waals surface area (Å²) in [4.78, 5) is 39.3.